The van der Waals surface area contributed by atoms with E-state index in [0.717, 1.165) is 32.5 Å². The Morgan fingerprint density at radius 3 is 2.76 bits per heavy atom. The fraction of sp³-hybridized carbons (Fsp3) is 0.636. The second kappa shape index (κ2) is 5.85. The van der Waals surface area contributed by atoms with Gasteiger partial charge < -0.3 is 10.2 Å². The Balaban J connectivity index is 1.95. The summed E-state index contributed by atoms with van der Waals surface area (Å²) in [4.78, 5) is 10.4. The molecule has 0 saturated carbocycles. The minimum atomic E-state index is 0.225. The second-order valence-corrected chi connectivity index (χ2v) is 4.93. The van der Waals surface area contributed by atoms with E-state index in [-0.39, 0.29) is 5.28 Å². The highest BCUT2D eigenvalue weighted by Crippen LogP contribution is 2.22. The number of likely N-dealkylation sites (tertiary alicyclic amines) is 1. The number of aromatic nitrogens is 2. The monoisotopic (exact) mass is 274 g/mol. The molecule has 94 valence electrons. The van der Waals surface area contributed by atoms with Gasteiger partial charge in [-0.1, -0.05) is 18.5 Å². The highest BCUT2D eigenvalue weighted by atomic mass is 35.5. The first-order valence-electron chi connectivity index (χ1n) is 5.86. The van der Waals surface area contributed by atoms with Crippen LogP contribution < -0.4 is 5.32 Å². The fourth-order valence-corrected chi connectivity index (χ4v) is 2.31. The molecule has 1 N–H and O–H groups in total. The molecule has 0 aliphatic carbocycles. The molecule has 0 unspecified atom stereocenters. The summed E-state index contributed by atoms with van der Waals surface area (Å²) in [5.41, 5.74) is 0. The zero-order chi connectivity index (χ0) is 12.3. The van der Waals surface area contributed by atoms with Gasteiger partial charge in [0.1, 0.15) is 10.8 Å². The SMILES string of the molecule is CCN1CCC(Nc2nc(Cl)ncc2Cl)CC1. The lowest BCUT2D eigenvalue weighted by atomic mass is 10.1. The van der Waals surface area contributed by atoms with Crippen molar-refractivity contribution >= 4 is 29.0 Å². The lowest BCUT2D eigenvalue weighted by Crippen LogP contribution is -2.39. The Kier molecular flexibility index (Phi) is 4.42. The van der Waals surface area contributed by atoms with E-state index < -0.39 is 0 Å². The van der Waals surface area contributed by atoms with E-state index in [9.17, 15) is 0 Å². The first kappa shape index (κ1) is 12.9. The molecule has 1 saturated heterocycles. The number of nitrogens with one attached hydrogen (secondary N) is 1. The van der Waals surface area contributed by atoms with E-state index in [0.29, 0.717) is 16.9 Å². The Morgan fingerprint density at radius 2 is 2.12 bits per heavy atom. The molecule has 1 aromatic rings. The summed E-state index contributed by atoms with van der Waals surface area (Å²) in [7, 11) is 0. The van der Waals surface area contributed by atoms with Crippen molar-refractivity contribution in [2.45, 2.75) is 25.8 Å². The van der Waals surface area contributed by atoms with Gasteiger partial charge in [0.15, 0.2) is 0 Å². The average Bonchev–Trinajstić information content (AvgIpc) is 2.35. The van der Waals surface area contributed by atoms with E-state index in [1.165, 1.54) is 6.20 Å². The molecule has 0 spiro atoms. The van der Waals surface area contributed by atoms with E-state index >= 15 is 0 Å². The smallest absolute Gasteiger partial charge is 0.224 e. The summed E-state index contributed by atoms with van der Waals surface area (Å²) < 4.78 is 0. The van der Waals surface area contributed by atoms with Crippen LogP contribution in [0.15, 0.2) is 6.20 Å². The topological polar surface area (TPSA) is 41.0 Å². The van der Waals surface area contributed by atoms with Crippen molar-refractivity contribution in [2.24, 2.45) is 0 Å². The van der Waals surface area contributed by atoms with Crippen molar-refractivity contribution in [3.05, 3.63) is 16.5 Å². The van der Waals surface area contributed by atoms with Crippen molar-refractivity contribution in [3.63, 3.8) is 0 Å². The van der Waals surface area contributed by atoms with Crippen molar-refractivity contribution in [1.29, 1.82) is 0 Å². The van der Waals surface area contributed by atoms with Crippen molar-refractivity contribution in [1.82, 2.24) is 14.9 Å². The van der Waals surface area contributed by atoms with E-state index in [1.807, 2.05) is 0 Å². The van der Waals surface area contributed by atoms with Gasteiger partial charge in [0.05, 0.1) is 6.20 Å². The highest BCUT2D eigenvalue weighted by molar-refractivity contribution is 6.33. The van der Waals surface area contributed by atoms with Gasteiger partial charge in [-0.25, -0.2) is 4.98 Å². The Morgan fingerprint density at radius 1 is 1.41 bits per heavy atom. The summed E-state index contributed by atoms with van der Waals surface area (Å²) in [5, 5.41) is 4.09. The van der Waals surface area contributed by atoms with Gasteiger partial charge in [-0.15, -0.1) is 0 Å². The quantitative estimate of drug-likeness (QED) is 0.861. The number of hydrogen-bond donors (Lipinski definition) is 1. The lowest BCUT2D eigenvalue weighted by Gasteiger charge is -2.31. The number of rotatable bonds is 3. The normalized spacial score (nSPS) is 18.3. The molecule has 4 nitrogen and oxygen atoms in total. The van der Waals surface area contributed by atoms with E-state index in [4.69, 9.17) is 23.2 Å². The largest absolute Gasteiger partial charge is 0.366 e. The summed E-state index contributed by atoms with van der Waals surface area (Å²) in [5.74, 6) is 0.640. The van der Waals surface area contributed by atoms with Gasteiger partial charge in [-0.05, 0) is 31.0 Å². The maximum absolute atomic E-state index is 6.01. The number of hydrogen-bond acceptors (Lipinski definition) is 4. The van der Waals surface area contributed by atoms with Crippen LogP contribution in [0.5, 0.6) is 0 Å². The van der Waals surface area contributed by atoms with Crippen molar-refractivity contribution in [3.8, 4) is 0 Å². The van der Waals surface area contributed by atoms with Crippen LogP contribution in [-0.2, 0) is 0 Å². The maximum Gasteiger partial charge on any atom is 0.224 e. The molecule has 0 aromatic carbocycles. The average molecular weight is 275 g/mol. The number of piperidine rings is 1. The first-order valence-corrected chi connectivity index (χ1v) is 6.61. The molecule has 1 fully saturated rings. The highest BCUT2D eigenvalue weighted by Gasteiger charge is 2.19. The third kappa shape index (κ3) is 3.44. The third-order valence-corrected chi connectivity index (χ3v) is 3.55. The molecular formula is C11H16Cl2N4. The predicted octanol–water partition coefficient (Wildman–Crippen LogP) is 2.68. The minimum Gasteiger partial charge on any atom is -0.366 e. The molecule has 0 bridgehead atoms. The lowest BCUT2D eigenvalue weighted by molar-refractivity contribution is 0.229. The number of anilines is 1. The second-order valence-electron chi connectivity index (χ2n) is 4.19. The van der Waals surface area contributed by atoms with Gasteiger partial charge in [0, 0.05) is 19.1 Å². The molecule has 0 atom stereocenters. The van der Waals surface area contributed by atoms with Crippen LogP contribution in [0.1, 0.15) is 19.8 Å². The van der Waals surface area contributed by atoms with Crippen LogP contribution in [0.2, 0.25) is 10.3 Å². The van der Waals surface area contributed by atoms with Gasteiger partial charge in [-0.2, -0.15) is 4.98 Å². The van der Waals surface area contributed by atoms with Crippen LogP contribution in [0.4, 0.5) is 5.82 Å². The molecule has 1 aliphatic heterocycles. The number of nitrogens with zero attached hydrogens (tertiary/aromatic N) is 3. The van der Waals surface area contributed by atoms with Crippen LogP contribution in [0.3, 0.4) is 0 Å². The van der Waals surface area contributed by atoms with Gasteiger partial charge >= 0.3 is 0 Å². The van der Waals surface area contributed by atoms with E-state index in [2.05, 4.69) is 27.1 Å². The molecule has 0 radical (unpaired) electrons. The molecule has 6 heteroatoms. The zero-order valence-electron chi connectivity index (χ0n) is 9.79. The zero-order valence-corrected chi connectivity index (χ0v) is 11.3. The summed E-state index contributed by atoms with van der Waals surface area (Å²) in [6.45, 7) is 5.54. The maximum atomic E-state index is 6.01. The van der Waals surface area contributed by atoms with Gasteiger partial charge in [-0.3, -0.25) is 0 Å². The minimum absolute atomic E-state index is 0.225. The van der Waals surface area contributed by atoms with Crippen LogP contribution >= 0.6 is 23.2 Å². The molecule has 1 aliphatic rings. The predicted molar refractivity (Wildman–Crippen MR) is 70.8 cm³/mol. The molecule has 17 heavy (non-hydrogen) atoms. The number of halogens is 2. The van der Waals surface area contributed by atoms with Gasteiger partial charge in [0.25, 0.3) is 0 Å². The standard InChI is InChI=1S/C11H16Cl2N4/c1-2-17-5-3-8(4-6-17)15-10-9(12)7-14-11(13)16-10/h7-8H,2-6H2,1H3,(H,14,15,16). The van der Waals surface area contributed by atoms with Crippen LogP contribution in [0.25, 0.3) is 0 Å². The summed E-state index contributed by atoms with van der Waals surface area (Å²) in [6.07, 6.45) is 3.73. The summed E-state index contributed by atoms with van der Waals surface area (Å²) in [6, 6.07) is 0.418. The van der Waals surface area contributed by atoms with E-state index in [1.54, 1.807) is 0 Å². The van der Waals surface area contributed by atoms with Crippen molar-refractivity contribution in [2.75, 3.05) is 25.0 Å². The Bertz CT molecular complexity index is 378. The molecular weight excluding hydrogens is 259 g/mol. The Hall–Kier alpha value is -0.580. The molecule has 1 aromatic heterocycles. The van der Waals surface area contributed by atoms with Crippen LogP contribution in [0, 0.1) is 0 Å². The Labute approximate surface area is 111 Å². The molecule has 2 rings (SSSR count). The molecule has 0 amide bonds. The third-order valence-electron chi connectivity index (χ3n) is 3.09. The summed E-state index contributed by atoms with van der Waals surface area (Å²) >= 11 is 11.8. The van der Waals surface area contributed by atoms with Gasteiger partial charge in [0.2, 0.25) is 5.28 Å². The van der Waals surface area contributed by atoms with Crippen molar-refractivity contribution < 1.29 is 0 Å². The van der Waals surface area contributed by atoms with Crippen LogP contribution in [-0.4, -0.2) is 40.5 Å². The first-order chi connectivity index (χ1) is 8.19. The fourth-order valence-electron chi connectivity index (χ4n) is 2.03. The molecule has 2 heterocycles.